The molecule has 2 rings (SSSR count). The molecule has 0 aromatic rings. The van der Waals surface area contributed by atoms with Crippen LogP contribution in [-0.2, 0) is 4.79 Å². The normalized spacial score (nSPS) is 29.3. The number of aliphatic carboxylic acids is 1. The van der Waals surface area contributed by atoms with Crippen molar-refractivity contribution in [3.63, 3.8) is 0 Å². The van der Waals surface area contributed by atoms with Crippen LogP contribution in [0, 0.1) is 5.41 Å². The molecule has 0 spiro atoms. The lowest BCUT2D eigenvalue weighted by Gasteiger charge is -2.38. The van der Waals surface area contributed by atoms with Gasteiger partial charge < -0.3 is 14.9 Å². The van der Waals surface area contributed by atoms with Gasteiger partial charge in [0.1, 0.15) is 0 Å². The molecule has 2 heterocycles. The summed E-state index contributed by atoms with van der Waals surface area (Å²) in [4.78, 5) is 16.2. The number of carboxylic acid groups (broad SMARTS) is 1. The molecular formula is C15H28N2O2. The minimum atomic E-state index is -0.626. The topological polar surface area (TPSA) is 43.8 Å². The van der Waals surface area contributed by atoms with E-state index in [1.54, 1.807) is 0 Å². The molecule has 0 aromatic heterocycles. The van der Waals surface area contributed by atoms with Crippen molar-refractivity contribution >= 4 is 5.97 Å². The minimum Gasteiger partial charge on any atom is -0.481 e. The predicted molar refractivity (Wildman–Crippen MR) is 76.3 cm³/mol. The third kappa shape index (κ3) is 3.69. The van der Waals surface area contributed by atoms with Crippen molar-refractivity contribution in [1.29, 1.82) is 0 Å². The second kappa shape index (κ2) is 6.23. The molecule has 1 atom stereocenters. The number of piperidine rings is 2. The lowest BCUT2D eigenvalue weighted by molar-refractivity contribution is -0.150. The number of hydrogen-bond donors (Lipinski definition) is 1. The van der Waals surface area contributed by atoms with E-state index in [-0.39, 0.29) is 0 Å². The van der Waals surface area contributed by atoms with Crippen molar-refractivity contribution in [2.45, 2.75) is 51.5 Å². The van der Waals surface area contributed by atoms with Crippen molar-refractivity contribution < 1.29 is 9.90 Å². The van der Waals surface area contributed by atoms with Crippen LogP contribution in [-0.4, -0.2) is 60.1 Å². The van der Waals surface area contributed by atoms with Gasteiger partial charge in [0.05, 0.1) is 5.41 Å². The van der Waals surface area contributed by atoms with E-state index in [2.05, 4.69) is 16.8 Å². The van der Waals surface area contributed by atoms with Crippen LogP contribution in [0.4, 0.5) is 0 Å². The first kappa shape index (κ1) is 14.8. The number of carbonyl (C=O) groups is 1. The average molecular weight is 268 g/mol. The first-order valence-electron chi connectivity index (χ1n) is 7.67. The standard InChI is InChI=1S/C15H28N2O2/c1-15(14(18)19)7-11-17(12-8-15)10-6-13-5-3-4-9-16(13)2/h13H,3-12H2,1-2H3,(H,18,19). The van der Waals surface area contributed by atoms with Gasteiger partial charge in [-0.25, -0.2) is 0 Å². The van der Waals surface area contributed by atoms with E-state index in [0.717, 1.165) is 38.5 Å². The van der Waals surface area contributed by atoms with Gasteiger partial charge in [0.25, 0.3) is 0 Å². The summed E-state index contributed by atoms with van der Waals surface area (Å²) in [5.41, 5.74) is -0.488. The summed E-state index contributed by atoms with van der Waals surface area (Å²) in [6.45, 7) is 6.15. The van der Waals surface area contributed by atoms with E-state index in [0.29, 0.717) is 0 Å². The molecule has 2 fully saturated rings. The molecule has 1 unspecified atom stereocenters. The lowest BCUT2D eigenvalue weighted by atomic mass is 9.80. The van der Waals surface area contributed by atoms with E-state index in [4.69, 9.17) is 0 Å². The van der Waals surface area contributed by atoms with Crippen LogP contribution in [0.25, 0.3) is 0 Å². The molecule has 0 aromatic carbocycles. The highest BCUT2D eigenvalue weighted by Gasteiger charge is 2.36. The van der Waals surface area contributed by atoms with Gasteiger partial charge in [0, 0.05) is 6.04 Å². The van der Waals surface area contributed by atoms with Gasteiger partial charge in [0.2, 0.25) is 0 Å². The fraction of sp³-hybridized carbons (Fsp3) is 0.933. The molecule has 0 amide bonds. The summed E-state index contributed by atoms with van der Waals surface area (Å²) < 4.78 is 0. The Bertz CT molecular complexity index is 311. The second-order valence-electron chi connectivity index (χ2n) is 6.63. The van der Waals surface area contributed by atoms with E-state index in [1.807, 2.05) is 6.92 Å². The summed E-state index contributed by atoms with van der Waals surface area (Å²) in [6, 6.07) is 0.738. The van der Waals surface area contributed by atoms with Crippen LogP contribution in [0.1, 0.15) is 45.4 Å². The maximum atomic E-state index is 11.2. The molecule has 4 heteroatoms. The van der Waals surface area contributed by atoms with Gasteiger partial charge in [-0.1, -0.05) is 6.42 Å². The van der Waals surface area contributed by atoms with Crippen LogP contribution in [0.2, 0.25) is 0 Å². The molecule has 0 radical (unpaired) electrons. The number of rotatable bonds is 4. The molecule has 0 saturated carbocycles. The first-order valence-corrected chi connectivity index (χ1v) is 7.67. The van der Waals surface area contributed by atoms with Crippen LogP contribution in [0.15, 0.2) is 0 Å². The number of likely N-dealkylation sites (tertiary alicyclic amines) is 2. The number of nitrogens with zero attached hydrogens (tertiary/aromatic N) is 2. The Hall–Kier alpha value is -0.610. The summed E-state index contributed by atoms with van der Waals surface area (Å²) in [5, 5.41) is 9.23. The van der Waals surface area contributed by atoms with E-state index >= 15 is 0 Å². The smallest absolute Gasteiger partial charge is 0.309 e. The summed E-state index contributed by atoms with van der Waals surface area (Å²) >= 11 is 0. The van der Waals surface area contributed by atoms with Crippen molar-refractivity contribution in [3.05, 3.63) is 0 Å². The quantitative estimate of drug-likeness (QED) is 0.847. The molecule has 2 aliphatic heterocycles. The van der Waals surface area contributed by atoms with Crippen molar-refractivity contribution in [2.75, 3.05) is 33.2 Å². The zero-order chi connectivity index (χ0) is 13.9. The molecule has 1 N–H and O–H groups in total. The SMILES string of the molecule is CN1CCCCC1CCN1CCC(C)(C(=O)O)CC1. The van der Waals surface area contributed by atoms with Crippen molar-refractivity contribution in [3.8, 4) is 0 Å². The zero-order valence-electron chi connectivity index (χ0n) is 12.4. The molecular weight excluding hydrogens is 240 g/mol. The Morgan fingerprint density at radius 2 is 1.95 bits per heavy atom. The second-order valence-corrected chi connectivity index (χ2v) is 6.63. The van der Waals surface area contributed by atoms with Gasteiger partial charge in [0.15, 0.2) is 0 Å². The third-order valence-electron chi connectivity index (χ3n) is 5.18. The van der Waals surface area contributed by atoms with Gasteiger partial charge in [-0.3, -0.25) is 4.79 Å². The summed E-state index contributed by atoms with van der Waals surface area (Å²) in [5.74, 6) is -0.626. The molecule has 110 valence electrons. The predicted octanol–water partition coefficient (Wildman–Crippen LogP) is 2.05. The summed E-state index contributed by atoms with van der Waals surface area (Å²) in [6.07, 6.45) is 6.86. The fourth-order valence-corrected chi connectivity index (χ4v) is 3.32. The zero-order valence-corrected chi connectivity index (χ0v) is 12.4. The maximum absolute atomic E-state index is 11.2. The van der Waals surface area contributed by atoms with Crippen LogP contribution in [0.3, 0.4) is 0 Å². The van der Waals surface area contributed by atoms with Crippen molar-refractivity contribution in [2.24, 2.45) is 5.41 Å². The minimum absolute atomic E-state index is 0.488. The van der Waals surface area contributed by atoms with E-state index in [1.165, 1.54) is 32.2 Å². The molecule has 19 heavy (non-hydrogen) atoms. The van der Waals surface area contributed by atoms with Crippen LogP contribution < -0.4 is 0 Å². The Labute approximate surface area is 116 Å². The van der Waals surface area contributed by atoms with Gasteiger partial charge in [-0.05, 0) is 72.3 Å². The Kier molecular flexibility index (Phi) is 4.85. The highest BCUT2D eigenvalue weighted by atomic mass is 16.4. The molecule has 0 bridgehead atoms. The van der Waals surface area contributed by atoms with Gasteiger partial charge in [-0.2, -0.15) is 0 Å². The van der Waals surface area contributed by atoms with Crippen molar-refractivity contribution in [1.82, 2.24) is 9.80 Å². The van der Waals surface area contributed by atoms with E-state index < -0.39 is 11.4 Å². The highest BCUT2D eigenvalue weighted by molar-refractivity contribution is 5.74. The van der Waals surface area contributed by atoms with Crippen LogP contribution >= 0.6 is 0 Å². The maximum Gasteiger partial charge on any atom is 0.309 e. The first-order chi connectivity index (χ1) is 9.01. The number of carboxylic acids is 1. The molecule has 2 aliphatic rings. The van der Waals surface area contributed by atoms with E-state index in [9.17, 15) is 9.90 Å². The Morgan fingerprint density at radius 3 is 2.53 bits per heavy atom. The van der Waals surface area contributed by atoms with Gasteiger partial charge in [-0.15, -0.1) is 0 Å². The lowest BCUT2D eigenvalue weighted by Crippen LogP contribution is -2.45. The van der Waals surface area contributed by atoms with Crippen LogP contribution in [0.5, 0.6) is 0 Å². The Balaban J connectivity index is 1.72. The fourth-order valence-electron chi connectivity index (χ4n) is 3.32. The molecule has 0 aliphatic carbocycles. The Morgan fingerprint density at radius 1 is 1.26 bits per heavy atom. The number of hydrogen-bond acceptors (Lipinski definition) is 3. The van der Waals surface area contributed by atoms with Gasteiger partial charge >= 0.3 is 5.97 Å². The largest absolute Gasteiger partial charge is 0.481 e. The average Bonchev–Trinajstić information content (AvgIpc) is 2.40. The molecule has 2 saturated heterocycles. The molecule has 4 nitrogen and oxygen atoms in total. The third-order valence-corrected chi connectivity index (χ3v) is 5.18. The summed E-state index contributed by atoms with van der Waals surface area (Å²) in [7, 11) is 2.24. The monoisotopic (exact) mass is 268 g/mol. The highest BCUT2D eigenvalue weighted by Crippen LogP contribution is 2.31.